The van der Waals surface area contributed by atoms with Crippen molar-refractivity contribution < 1.29 is 18.1 Å². The third-order valence-corrected chi connectivity index (χ3v) is 6.26. The van der Waals surface area contributed by atoms with Gasteiger partial charge in [0.05, 0.1) is 38.5 Å². The Labute approximate surface area is 126 Å². The molecule has 0 aromatic rings. The van der Waals surface area contributed by atoms with Gasteiger partial charge in [-0.25, -0.2) is 8.42 Å². The summed E-state index contributed by atoms with van der Waals surface area (Å²) in [4.78, 5) is 3.58. The Balaban J connectivity index is 1.74. The van der Waals surface area contributed by atoms with E-state index in [1.54, 1.807) is 7.11 Å². The lowest BCUT2D eigenvalue weighted by molar-refractivity contribution is -0.925. The minimum atomic E-state index is -2.78. The SMILES string of the molecule is COCCNC(=S)N1CC[NH+]([C@H]2CCS(=O)(=O)C2)CC1. The van der Waals surface area contributed by atoms with Crippen LogP contribution in [0.3, 0.4) is 0 Å². The molecule has 0 aromatic carbocycles. The van der Waals surface area contributed by atoms with E-state index in [1.807, 2.05) is 0 Å². The van der Waals surface area contributed by atoms with Gasteiger partial charge in [-0.15, -0.1) is 0 Å². The second-order valence-electron chi connectivity index (χ2n) is 5.47. The number of nitrogens with one attached hydrogen (secondary N) is 2. The summed E-state index contributed by atoms with van der Waals surface area (Å²) in [6, 6.07) is 0.289. The van der Waals surface area contributed by atoms with Gasteiger partial charge in [0.25, 0.3) is 0 Å². The summed E-state index contributed by atoms with van der Waals surface area (Å²) in [5.41, 5.74) is 0. The topological polar surface area (TPSA) is 63.1 Å². The lowest BCUT2D eigenvalue weighted by atomic mass is 10.2. The number of sulfone groups is 1. The lowest BCUT2D eigenvalue weighted by Crippen LogP contribution is -3.18. The van der Waals surface area contributed by atoms with Crippen LogP contribution in [0.4, 0.5) is 0 Å². The monoisotopic (exact) mass is 322 g/mol. The zero-order valence-electron chi connectivity index (χ0n) is 11.9. The predicted molar refractivity (Wildman–Crippen MR) is 81.8 cm³/mol. The van der Waals surface area contributed by atoms with Crippen molar-refractivity contribution in [1.82, 2.24) is 10.2 Å². The van der Waals surface area contributed by atoms with Crippen molar-refractivity contribution in [1.29, 1.82) is 0 Å². The minimum Gasteiger partial charge on any atom is -0.383 e. The second-order valence-corrected chi connectivity index (χ2v) is 8.09. The zero-order chi connectivity index (χ0) is 14.6. The fourth-order valence-electron chi connectivity index (χ4n) is 2.89. The van der Waals surface area contributed by atoms with Crippen LogP contribution in [0.5, 0.6) is 0 Å². The van der Waals surface area contributed by atoms with Crippen LogP contribution < -0.4 is 10.2 Å². The van der Waals surface area contributed by atoms with Crippen molar-refractivity contribution in [3.05, 3.63) is 0 Å². The van der Waals surface area contributed by atoms with Gasteiger partial charge in [0.1, 0.15) is 11.8 Å². The number of ether oxygens (including phenoxy) is 1. The Morgan fingerprint density at radius 3 is 2.70 bits per heavy atom. The highest BCUT2D eigenvalue weighted by atomic mass is 32.2. The molecule has 1 atom stereocenters. The van der Waals surface area contributed by atoms with E-state index in [1.165, 1.54) is 4.90 Å². The first-order valence-electron chi connectivity index (χ1n) is 7.08. The molecule has 0 radical (unpaired) electrons. The first kappa shape index (κ1) is 15.9. The van der Waals surface area contributed by atoms with Crippen molar-refractivity contribution in [2.75, 3.05) is 57.9 Å². The first-order chi connectivity index (χ1) is 9.52. The number of quaternary nitrogens is 1. The molecule has 20 heavy (non-hydrogen) atoms. The maximum Gasteiger partial charge on any atom is 0.169 e. The molecule has 2 aliphatic rings. The van der Waals surface area contributed by atoms with Crippen molar-refractivity contribution >= 4 is 27.2 Å². The van der Waals surface area contributed by atoms with Crippen molar-refractivity contribution in [3.63, 3.8) is 0 Å². The summed E-state index contributed by atoms with van der Waals surface area (Å²) in [5.74, 6) is 0.723. The van der Waals surface area contributed by atoms with Gasteiger partial charge in [0, 0.05) is 20.1 Å². The van der Waals surface area contributed by atoms with Gasteiger partial charge in [-0.2, -0.15) is 0 Å². The number of hydrogen-bond donors (Lipinski definition) is 2. The molecule has 0 aromatic heterocycles. The number of piperazine rings is 1. The molecule has 2 heterocycles. The predicted octanol–water partition coefficient (Wildman–Crippen LogP) is -2.11. The normalized spacial score (nSPS) is 26.6. The highest BCUT2D eigenvalue weighted by Gasteiger charge is 2.36. The zero-order valence-corrected chi connectivity index (χ0v) is 13.6. The molecule has 2 aliphatic heterocycles. The molecule has 0 saturated carbocycles. The molecule has 0 bridgehead atoms. The number of thiocarbonyl (C=S) groups is 1. The number of methoxy groups -OCH3 is 1. The number of hydrogen-bond acceptors (Lipinski definition) is 4. The highest BCUT2D eigenvalue weighted by molar-refractivity contribution is 7.91. The summed E-state index contributed by atoms with van der Waals surface area (Å²) in [6.45, 7) is 5.09. The maximum atomic E-state index is 11.5. The molecule has 0 unspecified atom stereocenters. The van der Waals surface area contributed by atoms with Crippen LogP contribution in [0.1, 0.15) is 6.42 Å². The molecule has 116 valence electrons. The third-order valence-electron chi connectivity index (χ3n) is 4.09. The van der Waals surface area contributed by atoms with Gasteiger partial charge in [-0.05, 0) is 12.2 Å². The average Bonchev–Trinajstić information content (AvgIpc) is 2.79. The smallest absolute Gasteiger partial charge is 0.169 e. The quantitative estimate of drug-likeness (QED) is 0.457. The summed E-state index contributed by atoms with van der Waals surface area (Å²) >= 11 is 5.35. The fourth-order valence-corrected chi connectivity index (χ4v) is 5.00. The summed E-state index contributed by atoms with van der Waals surface area (Å²) < 4.78 is 28.1. The minimum absolute atomic E-state index is 0.289. The average molecular weight is 322 g/mol. The Morgan fingerprint density at radius 2 is 2.15 bits per heavy atom. The van der Waals surface area contributed by atoms with Gasteiger partial charge in [0.2, 0.25) is 0 Å². The van der Waals surface area contributed by atoms with Crippen LogP contribution in [-0.4, -0.2) is 82.4 Å². The van der Waals surface area contributed by atoms with Gasteiger partial charge in [-0.1, -0.05) is 0 Å². The van der Waals surface area contributed by atoms with Crippen molar-refractivity contribution in [2.45, 2.75) is 12.5 Å². The van der Waals surface area contributed by atoms with Crippen LogP contribution in [0.25, 0.3) is 0 Å². The number of nitrogens with zero attached hydrogens (tertiary/aromatic N) is 1. The standard InChI is InChI=1S/C12H23N3O3S2/c1-18-8-3-13-12(19)15-6-4-14(5-7-15)11-2-9-20(16,17)10-11/h11H,2-10H2,1H3,(H,13,19)/p+1/t11-/m0/s1. The van der Waals surface area contributed by atoms with E-state index >= 15 is 0 Å². The molecule has 8 heteroatoms. The number of rotatable bonds is 4. The van der Waals surface area contributed by atoms with E-state index in [0.29, 0.717) is 18.1 Å². The Kier molecular flexibility index (Phi) is 5.59. The Morgan fingerprint density at radius 1 is 1.45 bits per heavy atom. The van der Waals surface area contributed by atoms with Crippen LogP contribution in [-0.2, 0) is 14.6 Å². The third kappa shape index (κ3) is 4.28. The first-order valence-corrected chi connectivity index (χ1v) is 9.31. The molecule has 2 rings (SSSR count). The van der Waals surface area contributed by atoms with E-state index < -0.39 is 9.84 Å². The van der Waals surface area contributed by atoms with E-state index in [9.17, 15) is 8.42 Å². The van der Waals surface area contributed by atoms with E-state index in [-0.39, 0.29) is 6.04 Å². The maximum absolute atomic E-state index is 11.5. The highest BCUT2D eigenvalue weighted by Crippen LogP contribution is 2.09. The van der Waals surface area contributed by atoms with Crippen molar-refractivity contribution in [3.8, 4) is 0 Å². The second kappa shape index (κ2) is 7.02. The summed E-state index contributed by atoms with van der Waals surface area (Å²) in [7, 11) is -1.11. The summed E-state index contributed by atoms with van der Waals surface area (Å²) in [5, 5.41) is 3.96. The molecular weight excluding hydrogens is 298 g/mol. The van der Waals surface area contributed by atoms with Crippen LogP contribution in [0.15, 0.2) is 0 Å². The molecule has 0 amide bonds. The molecule has 0 aliphatic carbocycles. The Bertz CT molecular complexity index is 433. The van der Waals surface area contributed by atoms with Gasteiger partial charge in [0.15, 0.2) is 14.9 Å². The molecule has 0 spiro atoms. The van der Waals surface area contributed by atoms with Crippen LogP contribution in [0, 0.1) is 0 Å². The van der Waals surface area contributed by atoms with Crippen LogP contribution >= 0.6 is 12.2 Å². The molecule has 6 nitrogen and oxygen atoms in total. The molecule has 2 N–H and O–H groups in total. The van der Waals surface area contributed by atoms with E-state index in [2.05, 4.69) is 10.2 Å². The van der Waals surface area contributed by atoms with Crippen LogP contribution in [0.2, 0.25) is 0 Å². The van der Waals surface area contributed by atoms with Gasteiger partial charge in [-0.3, -0.25) is 0 Å². The van der Waals surface area contributed by atoms with Gasteiger partial charge < -0.3 is 19.9 Å². The Hall–Kier alpha value is -0.440. The molecule has 2 saturated heterocycles. The fraction of sp³-hybridized carbons (Fsp3) is 0.917. The van der Waals surface area contributed by atoms with Gasteiger partial charge >= 0.3 is 0 Å². The summed E-state index contributed by atoms with van der Waals surface area (Å²) in [6.07, 6.45) is 0.814. The molecule has 2 fully saturated rings. The van der Waals surface area contributed by atoms with E-state index in [0.717, 1.165) is 44.3 Å². The largest absolute Gasteiger partial charge is 0.383 e. The lowest BCUT2D eigenvalue weighted by Gasteiger charge is -2.36. The molecular formula is C12H24N3O3S2+. The van der Waals surface area contributed by atoms with E-state index in [4.69, 9.17) is 17.0 Å². The van der Waals surface area contributed by atoms with Crippen molar-refractivity contribution in [2.24, 2.45) is 0 Å².